The van der Waals surface area contributed by atoms with E-state index in [-0.39, 0.29) is 11.9 Å². The number of amides is 1. The predicted octanol–water partition coefficient (Wildman–Crippen LogP) is 4.93. The van der Waals surface area contributed by atoms with Crippen molar-refractivity contribution in [2.24, 2.45) is 5.41 Å². The molecule has 2 rings (SSSR count). The highest BCUT2D eigenvalue weighted by atomic mass is 35.5. The van der Waals surface area contributed by atoms with Crippen molar-refractivity contribution < 1.29 is 4.79 Å². The molecule has 25 heavy (non-hydrogen) atoms. The van der Waals surface area contributed by atoms with E-state index in [4.69, 9.17) is 11.6 Å². The first-order chi connectivity index (χ1) is 11.9. The van der Waals surface area contributed by atoms with Crippen molar-refractivity contribution in [1.82, 2.24) is 9.47 Å². The largest absolute Gasteiger partial charge is 0.345 e. The first kappa shape index (κ1) is 19.6. The zero-order valence-corrected chi connectivity index (χ0v) is 16.5. The predicted molar refractivity (Wildman–Crippen MR) is 105 cm³/mol. The zero-order valence-electron chi connectivity index (χ0n) is 15.7. The second-order valence-corrected chi connectivity index (χ2v) is 7.59. The molecule has 0 radical (unpaired) electrons. The summed E-state index contributed by atoms with van der Waals surface area (Å²) >= 11 is 6.05. The number of hydrogen-bond donors (Lipinski definition) is 0. The number of nitrogens with zero attached hydrogens (tertiary/aromatic N) is 2. The topological polar surface area (TPSA) is 25.2 Å². The van der Waals surface area contributed by atoms with Crippen molar-refractivity contribution in [3.05, 3.63) is 59.9 Å². The van der Waals surface area contributed by atoms with Crippen LogP contribution in [0.5, 0.6) is 0 Å². The minimum Gasteiger partial charge on any atom is -0.345 e. The number of carbonyl (C=O) groups is 1. The van der Waals surface area contributed by atoms with Crippen LogP contribution in [0, 0.1) is 5.41 Å². The molecule has 1 heterocycles. The molecule has 1 unspecified atom stereocenters. The van der Waals surface area contributed by atoms with Gasteiger partial charge >= 0.3 is 0 Å². The van der Waals surface area contributed by atoms with E-state index in [0.717, 1.165) is 18.7 Å². The van der Waals surface area contributed by atoms with Gasteiger partial charge in [-0.2, -0.15) is 0 Å². The maximum Gasteiger partial charge on any atom is 0.230 e. The van der Waals surface area contributed by atoms with Crippen molar-refractivity contribution >= 4 is 17.5 Å². The van der Waals surface area contributed by atoms with Gasteiger partial charge in [0.1, 0.15) is 0 Å². The summed E-state index contributed by atoms with van der Waals surface area (Å²) in [7, 11) is 0. The molecule has 0 spiro atoms. The molecular weight excluding hydrogens is 332 g/mol. The summed E-state index contributed by atoms with van der Waals surface area (Å²) in [5.74, 6) is 0.438. The lowest BCUT2D eigenvalue weighted by atomic mass is 9.93. The average molecular weight is 361 g/mol. The number of halogens is 1. The molecule has 0 aliphatic heterocycles. The quantitative estimate of drug-likeness (QED) is 0.613. The van der Waals surface area contributed by atoms with Gasteiger partial charge in [-0.1, -0.05) is 37.3 Å². The lowest BCUT2D eigenvalue weighted by Crippen LogP contribution is -2.46. The normalized spacial score (nSPS) is 12.8. The minimum absolute atomic E-state index is 0.115. The van der Waals surface area contributed by atoms with Gasteiger partial charge in [-0.15, -0.1) is 11.6 Å². The Morgan fingerprint density at radius 1 is 1.20 bits per heavy atom. The molecule has 1 aromatic carbocycles. The standard InChI is InChI=1S/C21H29ClN2O/c1-5-17(2)24(20(25)21(3,4)16-22)15-19-12-9-13-23(19)14-18-10-7-6-8-11-18/h6-13,17H,5,14-16H2,1-4H3. The van der Waals surface area contributed by atoms with Crippen LogP contribution in [0.4, 0.5) is 0 Å². The Labute approximate surface area is 156 Å². The number of alkyl halides is 1. The van der Waals surface area contributed by atoms with Crippen molar-refractivity contribution in [2.75, 3.05) is 5.88 Å². The second-order valence-electron chi connectivity index (χ2n) is 7.32. The molecule has 3 nitrogen and oxygen atoms in total. The molecule has 0 saturated carbocycles. The molecule has 4 heteroatoms. The fraction of sp³-hybridized carbons (Fsp3) is 0.476. The highest BCUT2D eigenvalue weighted by Gasteiger charge is 2.33. The van der Waals surface area contributed by atoms with Crippen LogP contribution in [0.25, 0.3) is 0 Å². The third-order valence-corrected chi connectivity index (χ3v) is 5.42. The van der Waals surface area contributed by atoms with Crippen molar-refractivity contribution in [3.8, 4) is 0 Å². The van der Waals surface area contributed by atoms with Crippen LogP contribution < -0.4 is 0 Å². The summed E-state index contributed by atoms with van der Waals surface area (Å²) in [5.41, 5.74) is 1.84. The third kappa shape index (κ3) is 4.88. The van der Waals surface area contributed by atoms with Gasteiger partial charge in [0.2, 0.25) is 5.91 Å². The van der Waals surface area contributed by atoms with Crippen molar-refractivity contribution in [2.45, 2.75) is 53.2 Å². The number of aromatic nitrogens is 1. The van der Waals surface area contributed by atoms with Gasteiger partial charge in [0.05, 0.1) is 12.0 Å². The van der Waals surface area contributed by atoms with Gasteiger partial charge in [0.15, 0.2) is 0 Å². The van der Waals surface area contributed by atoms with Crippen LogP contribution in [0.3, 0.4) is 0 Å². The van der Waals surface area contributed by atoms with Crippen LogP contribution in [0.2, 0.25) is 0 Å². The molecule has 1 atom stereocenters. The Morgan fingerprint density at radius 2 is 1.88 bits per heavy atom. The van der Waals surface area contributed by atoms with Gasteiger partial charge in [0, 0.05) is 30.4 Å². The van der Waals surface area contributed by atoms with E-state index in [1.165, 1.54) is 5.56 Å². The zero-order chi connectivity index (χ0) is 18.4. The van der Waals surface area contributed by atoms with Crippen LogP contribution in [-0.2, 0) is 17.9 Å². The number of rotatable bonds is 8. The van der Waals surface area contributed by atoms with Crippen molar-refractivity contribution in [1.29, 1.82) is 0 Å². The Kier molecular flexibility index (Phi) is 6.71. The Balaban J connectivity index is 2.22. The van der Waals surface area contributed by atoms with Crippen LogP contribution in [0.1, 0.15) is 45.4 Å². The van der Waals surface area contributed by atoms with E-state index in [0.29, 0.717) is 12.4 Å². The Hall–Kier alpha value is -1.74. The molecule has 1 aromatic heterocycles. The number of carbonyl (C=O) groups excluding carboxylic acids is 1. The third-order valence-electron chi connectivity index (χ3n) is 4.75. The number of hydrogen-bond acceptors (Lipinski definition) is 1. The van der Waals surface area contributed by atoms with Gasteiger partial charge in [-0.3, -0.25) is 4.79 Å². The second kappa shape index (κ2) is 8.57. The first-order valence-corrected chi connectivity index (χ1v) is 9.47. The highest BCUT2D eigenvalue weighted by molar-refractivity contribution is 6.19. The molecule has 1 amide bonds. The van der Waals surface area contributed by atoms with Gasteiger partial charge in [0.25, 0.3) is 0 Å². The SMILES string of the molecule is CCC(C)N(Cc1cccn1Cc1ccccc1)C(=O)C(C)(C)CCl. The van der Waals surface area contributed by atoms with E-state index >= 15 is 0 Å². The van der Waals surface area contributed by atoms with Gasteiger partial charge in [-0.25, -0.2) is 0 Å². The molecule has 0 fully saturated rings. The van der Waals surface area contributed by atoms with Crippen molar-refractivity contribution in [3.63, 3.8) is 0 Å². The summed E-state index contributed by atoms with van der Waals surface area (Å²) < 4.78 is 2.21. The average Bonchev–Trinajstić information content (AvgIpc) is 3.06. The summed E-state index contributed by atoms with van der Waals surface area (Å²) in [4.78, 5) is 15.0. The van der Waals surface area contributed by atoms with E-state index in [9.17, 15) is 4.79 Å². The smallest absolute Gasteiger partial charge is 0.230 e. The van der Waals surface area contributed by atoms with Crippen LogP contribution >= 0.6 is 11.6 Å². The maximum atomic E-state index is 13.0. The fourth-order valence-electron chi connectivity index (χ4n) is 2.80. The van der Waals surface area contributed by atoms with E-state index in [1.54, 1.807) is 0 Å². The lowest BCUT2D eigenvalue weighted by Gasteiger charge is -2.35. The highest BCUT2D eigenvalue weighted by Crippen LogP contribution is 2.25. The first-order valence-electron chi connectivity index (χ1n) is 8.94. The molecular formula is C21H29ClN2O. The minimum atomic E-state index is -0.554. The summed E-state index contributed by atoms with van der Waals surface area (Å²) in [6.07, 6.45) is 3.00. The monoisotopic (exact) mass is 360 g/mol. The number of benzene rings is 1. The summed E-state index contributed by atoms with van der Waals surface area (Å²) in [5, 5.41) is 0. The van der Waals surface area contributed by atoms with E-state index < -0.39 is 5.41 Å². The molecule has 136 valence electrons. The van der Waals surface area contributed by atoms with Gasteiger partial charge in [-0.05, 0) is 44.9 Å². The molecule has 0 aliphatic rings. The fourth-order valence-corrected chi connectivity index (χ4v) is 2.91. The molecule has 0 aliphatic carbocycles. The molecule has 2 aromatic rings. The molecule has 0 saturated heterocycles. The van der Waals surface area contributed by atoms with Gasteiger partial charge < -0.3 is 9.47 Å². The molecule has 0 N–H and O–H groups in total. The Morgan fingerprint density at radius 3 is 2.48 bits per heavy atom. The molecule has 0 bridgehead atoms. The maximum absolute atomic E-state index is 13.0. The summed E-state index contributed by atoms with van der Waals surface area (Å²) in [6.45, 7) is 9.47. The Bertz CT molecular complexity index is 678. The van der Waals surface area contributed by atoms with Crippen LogP contribution in [0.15, 0.2) is 48.7 Å². The van der Waals surface area contributed by atoms with Crippen LogP contribution in [-0.4, -0.2) is 27.3 Å². The van der Waals surface area contributed by atoms with E-state index in [2.05, 4.69) is 54.9 Å². The van der Waals surface area contributed by atoms with E-state index in [1.807, 2.05) is 30.9 Å². The lowest BCUT2D eigenvalue weighted by molar-refractivity contribution is -0.142. The summed E-state index contributed by atoms with van der Waals surface area (Å²) in [6, 6.07) is 14.7.